The van der Waals surface area contributed by atoms with Crippen molar-refractivity contribution in [2.75, 3.05) is 31.1 Å². The van der Waals surface area contributed by atoms with Gasteiger partial charge in [-0.1, -0.05) is 0 Å². The predicted molar refractivity (Wildman–Crippen MR) is 82.5 cm³/mol. The molecule has 0 spiro atoms. The van der Waals surface area contributed by atoms with Gasteiger partial charge in [0.15, 0.2) is 0 Å². The second-order valence-corrected chi connectivity index (χ2v) is 5.49. The molecule has 1 saturated heterocycles. The lowest BCUT2D eigenvalue weighted by atomic mass is 10.2. The molecule has 0 unspecified atom stereocenters. The van der Waals surface area contributed by atoms with Crippen molar-refractivity contribution in [2.45, 2.75) is 13.3 Å². The van der Waals surface area contributed by atoms with E-state index in [-0.39, 0.29) is 5.91 Å². The Hall–Kier alpha value is -2.44. The zero-order chi connectivity index (χ0) is 15.5. The highest BCUT2D eigenvalue weighted by atomic mass is 16.2. The lowest BCUT2D eigenvalue weighted by Crippen LogP contribution is -2.49. The second kappa shape index (κ2) is 6.13. The molecular weight excluding hydrogens is 280 g/mol. The molecule has 1 aliphatic rings. The van der Waals surface area contributed by atoms with Crippen LogP contribution < -0.4 is 4.90 Å². The number of hydrogen-bond donors (Lipinski definition) is 0. The molecule has 0 aliphatic carbocycles. The Kier molecular flexibility index (Phi) is 4.04. The Balaban J connectivity index is 1.57. The van der Waals surface area contributed by atoms with E-state index in [4.69, 9.17) is 0 Å². The zero-order valence-electron chi connectivity index (χ0n) is 12.9. The number of piperazine rings is 1. The molecule has 0 N–H and O–H groups in total. The van der Waals surface area contributed by atoms with Gasteiger partial charge in [0, 0.05) is 51.3 Å². The van der Waals surface area contributed by atoms with Crippen LogP contribution in [0.3, 0.4) is 0 Å². The standard InChI is InChI=1S/C15H20N6O/c1-12-10-13(19(2)18-12)11-14(22)20-6-8-21(9-7-20)15-16-4-3-5-17-15/h3-5,10H,6-9,11H2,1-2H3. The number of aryl methyl sites for hydroxylation is 2. The molecule has 2 aromatic rings. The van der Waals surface area contributed by atoms with Crippen molar-refractivity contribution in [2.24, 2.45) is 7.05 Å². The van der Waals surface area contributed by atoms with Gasteiger partial charge < -0.3 is 9.80 Å². The molecule has 0 saturated carbocycles. The highest BCUT2D eigenvalue weighted by molar-refractivity contribution is 5.78. The number of carbonyl (C=O) groups is 1. The van der Waals surface area contributed by atoms with Crippen molar-refractivity contribution in [3.63, 3.8) is 0 Å². The van der Waals surface area contributed by atoms with Crippen LogP contribution in [0.5, 0.6) is 0 Å². The summed E-state index contributed by atoms with van der Waals surface area (Å²) in [5.74, 6) is 0.883. The second-order valence-electron chi connectivity index (χ2n) is 5.49. The van der Waals surface area contributed by atoms with Crippen LogP contribution in [0.15, 0.2) is 24.5 Å². The zero-order valence-corrected chi connectivity index (χ0v) is 12.9. The summed E-state index contributed by atoms with van der Waals surface area (Å²) in [6, 6.07) is 3.77. The number of anilines is 1. The summed E-state index contributed by atoms with van der Waals surface area (Å²) >= 11 is 0. The van der Waals surface area contributed by atoms with Gasteiger partial charge in [0.2, 0.25) is 11.9 Å². The highest BCUT2D eigenvalue weighted by Gasteiger charge is 2.23. The molecule has 7 nitrogen and oxygen atoms in total. The van der Waals surface area contributed by atoms with E-state index in [0.29, 0.717) is 19.5 Å². The molecule has 2 aromatic heterocycles. The monoisotopic (exact) mass is 300 g/mol. The van der Waals surface area contributed by atoms with Crippen molar-refractivity contribution in [1.82, 2.24) is 24.6 Å². The summed E-state index contributed by atoms with van der Waals surface area (Å²) in [5.41, 5.74) is 1.90. The molecular formula is C15H20N6O. The van der Waals surface area contributed by atoms with Gasteiger partial charge in [-0.3, -0.25) is 9.48 Å². The molecule has 0 aromatic carbocycles. The predicted octanol–water partition coefficient (Wildman–Crippen LogP) is 0.410. The molecule has 3 heterocycles. The fourth-order valence-corrected chi connectivity index (χ4v) is 2.71. The lowest BCUT2D eigenvalue weighted by Gasteiger charge is -2.34. The van der Waals surface area contributed by atoms with Crippen LogP contribution in [0.1, 0.15) is 11.4 Å². The van der Waals surface area contributed by atoms with E-state index in [1.54, 1.807) is 23.1 Å². The van der Waals surface area contributed by atoms with Crippen LogP contribution in [-0.4, -0.2) is 56.7 Å². The van der Waals surface area contributed by atoms with Crippen molar-refractivity contribution >= 4 is 11.9 Å². The number of amides is 1. The van der Waals surface area contributed by atoms with Crippen molar-refractivity contribution < 1.29 is 4.79 Å². The summed E-state index contributed by atoms with van der Waals surface area (Å²) < 4.78 is 1.78. The van der Waals surface area contributed by atoms with E-state index >= 15 is 0 Å². The van der Waals surface area contributed by atoms with Crippen LogP contribution in [0.2, 0.25) is 0 Å². The van der Waals surface area contributed by atoms with Gasteiger partial charge in [0.1, 0.15) is 0 Å². The summed E-state index contributed by atoms with van der Waals surface area (Å²) in [6.07, 6.45) is 3.88. The third kappa shape index (κ3) is 3.08. The third-order valence-electron chi connectivity index (χ3n) is 3.90. The summed E-state index contributed by atoms with van der Waals surface area (Å²) in [7, 11) is 1.88. The van der Waals surface area contributed by atoms with E-state index in [1.807, 2.05) is 24.9 Å². The minimum absolute atomic E-state index is 0.150. The van der Waals surface area contributed by atoms with Gasteiger partial charge in [0.05, 0.1) is 12.1 Å². The van der Waals surface area contributed by atoms with Gasteiger partial charge in [-0.15, -0.1) is 0 Å². The average Bonchev–Trinajstić information content (AvgIpc) is 2.86. The Morgan fingerprint density at radius 2 is 1.86 bits per heavy atom. The van der Waals surface area contributed by atoms with Crippen molar-refractivity contribution in [3.05, 3.63) is 35.9 Å². The van der Waals surface area contributed by atoms with Gasteiger partial charge in [-0.25, -0.2) is 9.97 Å². The lowest BCUT2D eigenvalue weighted by molar-refractivity contribution is -0.130. The first-order valence-corrected chi connectivity index (χ1v) is 7.43. The summed E-state index contributed by atoms with van der Waals surface area (Å²) in [4.78, 5) is 24.9. The number of rotatable bonds is 3. The minimum atomic E-state index is 0.150. The van der Waals surface area contributed by atoms with Crippen molar-refractivity contribution in [1.29, 1.82) is 0 Å². The maximum Gasteiger partial charge on any atom is 0.228 e. The summed E-state index contributed by atoms with van der Waals surface area (Å²) in [6.45, 7) is 4.87. The Morgan fingerprint density at radius 1 is 1.18 bits per heavy atom. The smallest absolute Gasteiger partial charge is 0.228 e. The van der Waals surface area contributed by atoms with Crippen LogP contribution >= 0.6 is 0 Å². The molecule has 7 heteroatoms. The van der Waals surface area contributed by atoms with E-state index < -0.39 is 0 Å². The molecule has 0 atom stereocenters. The Morgan fingerprint density at radius 3 is 2.45 bits per heavy atom. The quantitative estimate of drug-likeness (QED) is 0.821. The van der Waals surface area contributed by atoms with E-state index in [1.165, 1.54) is 0 Å². The highest BCUT2D eigenvalue weighted by Crippen LogP contribution is 2.11. The van der Waals surface area contributed by atoms with Gasteiger partial charge in [0.25, 0.3) is 0 Å². The molecule has 0 bridgehead atoms. The van der Waals surface area contributed by atoms with E-state index in [0.717, 1.165) is 30.4 Å². The Bertz CT molecular complexity index is 645. The molecule has 116 valence electrons. The fourth-order valence-electron chi connectivity index (χ4n) is 2.71. The maximum atomic E-state index is 12.4. The molecule has 22 heavy (non-hydrogen) atoms. The Labute approximate surface area is 129 Å². The average molecular weight is 300 g/mol. The number of nitrogens with zero attached hydrogens (tertiary/aromatic N) is 6. The topological polar surface area (TPSA) is 67.2 Å². The third-order valence-corrected chi connectivity index (χ3v) is 3.90. The number of aromatic nitrogens is 4. The minimum Gasteiger partial charge on any atom is -0.339 e. The first-order valence-electron chi connectivity index (χ1n) is 7.43. The van der Waals surface area contributed by atoms with Crippen molar-refractivity contribution in [3.8, 4) is 0 Å². The molecule has 1 aliphatic heterocycles. The molecule has 1 fully saturated rings. The van der Waals surface area contributed by atoms with E-state index in [2.05, 4.69) is 20.0 Å². The normalized spacial score (nSPS) is 15.2. The SMILES string of the molecule is Cc1cc(CC(=O)N2CCN(c3ncccn3)CC2)n(C)n1. The summed E-state index contributed by atoms with van der Waals surface area (Å²) in [5, 5.41) is 4.28. The molecule has 3 rings (SSSR count). The van der Waals surface area contributed by atoms with Gasteiger partial charge in [-0.05, 0) is 19.1 Å². The molecule has 0 radical (unpaired) electrons. The number of hydrogen-bond acceptors (Lipinski definition) is 5. The first kappa shape index (κ1) is 14.5. The largest absolute Gasteiger partial charge is 0.339 e. The fraction of sp³-hybridized carbons (Fsp3) is 0.467. The maximum absolute atomic E-state index is 12.4. The first-order chi connectivity index (χ1) is 10.6. The molecule has 1 amide bonds. The van der Waals surface area contributed by atoms with Gasteiger partial charge >= 0.3 is 0 Å². The van der Waals surface area contributed by atoms with Crippen LogP contribution in [-0.2, 0) is 18.3 Å². The van der Waals surface area contributed by atoms with Crippen LogP contribution in [0.4, 0.5) is 5.95 Å². The van der Waals surface area contributed by atoms with E-state index in [9.17, 15) is 4.79 Å². The van der Waals surface area contributed by atoms with Gasteiger partial charge in [-0.2, -0.15) is 5.10 Å². The van der Waals surface area contributed by atoms with Crippen LogP contribution in [0, 0.1) is 6.92 Å². The number of carbonyl (C=O) groups excluding carboxylic acids is 1. The van der Waals surface area contributed by atoms with Crippen LogP contribution in [0.25, 0.3) is 0 Å².